The van der Waals surface area contributed by atoms with Crippen LogP contribution in [0.2, 0.25) is 0 Å². The van der Waals surface area contributed by atoms with Gasteiger partial charge in [0.1, 0.15) is 0 Å². The largest absolute Gasteiger partial charge is 0.373 e. The Morgan fingerprint density at radius 2 is 1.94 bits per heavy atom. The minimum absolute atomic E-state index is 0.158. The first-order chi connectivity index (χ1) is 8.59. The molecule has 1 rings (SSSR count). The Morgan fingerprint density at radius 3 is 2.56 bits per heavy atom. The van der Waals surface area contributed by atoms with E-state index in [1.165, 1.54) is 5.69 Å². The third-order valence-corrected chi connectivity index (χ3v) is 2.92. The summed E-state index contributed by atoms with van der Waals surface area (Å²) < 4.78 is 0. The smallest absolute Gasteiger partial charge is 0.220 e. The van der Waals surface area contributed by atoms with E-state index >= 15 is 0 Å². The van der Waals surface area contributed by atoms with Crippen molar-refractivity contribution in [1.29, 1.82) is 0 Å². The van der Waals surface area contributed by atoms with E-state index in [1.807, 2.05) is 25.2 Å². The van der Waals surface area contributed by atoms with Crippen LogP contribution in [0.5, 0.6) is 0 Å². The zero-order valence-corrected chi connectivity index (χ0v) is 11.6. The average molecular weight is 248 g/mol. The molecular formula is C15H24N2O. The van der Waals surface area contributed by atoms with Crippen molar-refractivity contribution < 1.29 is 4.79 Å². The van der Waals surface area contributed by atoms with E-state index in [9.17, 15) is 4.79 Å². The molecule has 1 N–H and O–H groups in total. The second kappa shape index (κ2) is 7.75. The highest BCUT2D eigenvalue weighted by atomic mass is 16.1. The maximum atomic E-state index is 11.5. The lowest BCUT2D eigenvalue weighted by atomic mass is 10.1. The number of hydrogen-bond acceptors (Lipinski definition) is 2. The van der Waals surface area contributed by atoms with E-state index in [4.69, 9.17) is 0 Å². The van der Waals surface area contributed by atoms with Gasteiger partial charge in [-0.1, -0.05) is 32.0 Å². The Hall–Kier alpha value is -1.51. The van der Waals surface area contributed by atoms with Crippen LogP contribution < -0.4 is 10.2 Å². The van der Waals surface area contributed by atoms with Gasteiger partial charge < -0.3 is 10.2 Å². The summed E-state index contributed by atoms with van der Waals surface area (Å²) in [7, 11) is 2.04. The Morgan fingerprint density at radius 1 is 1.28 bits per heavy atom. The molecule has 0 atom stereocenters. The molecule has 0 aliphatic heterocycles. The number of carbonyl (C=O) groups excluding carboxylic acids is 1. The molecule has 0 spiro atoms. The number of benzene rings is 1. The molecule has 3 nitrogen and oxygen atoms in total. The highest BCUT2D eigenvalue weighted by molar-refractivity contribution is 5.75. The molecule has 0 aromatic heterocycles. The Balaban J connectivity index is 2.19. The van der Waals surface area contributed by atoms with E-state index < -0.39 is 0 Å². The van der Waals surface area contributed by atoms with Crippen LogP contribution in [0.4, 0.5) is 5.69 Å². The number of likely N-dealkylation sites (N-methyl/N-ethyl adjacent to an activating group) is 1. The van der Waals surface area contributed by atoms with Gasteiger partial charge in [-0.15, -0.1) is 0 Å². The molecule has 0 aliphatic carbocycles. The average Bonchev–Trinajstić information content (AvgIpc) is 2.37. The number of amides is 1. The summed E-state index contributed by atoms with van der Waals surface area (Å²) in [6.45, 7) is 5.80. The van der Waals surface area contributed by atoms with Crippen LogP contribution in [0.25, 0.3) is 0 Å². The second-order valence-corrected chi connectivity index (χ2v) is 5.04. The third kappa shape index (κ3) is 5.71. The van der Waals surface area contributed by atoms with Crippen LogP contribution in [0.15, 0.2) is 30.3 Å². The van der Waals surface area contributed by atoms with Crippen LogP contribution in [-0.4, -0.2) is 26.0 Å². The molecule has 0 heterocycles. The van der Waals surface area contributed by atoms with Gasteiger partial charge in [0.25, 0.3) is 0 Å². The van der Waals surface area contributed by atoms with Crippen molar-refractivity contribution in [2.24, 2.45) is 5.92 Å². The summed E-state index contributed by atoms with van der Waals surface area (Å²) in [4.78, 5) is 13.7. The third-order valence-electron chi connectivity index (χ3n) is 2.92. The van der Waals surface area contributed by atoms with Crippen molar-refractivity contribution in [3.05, 3.63) is 30.3 Å². The van der Waals surface area contributed by atoms with E-state index in [-0.39, 0.29) is 5.91 Å². The maximum absolute atomic E-state index is 11.5. The number of anilines is 1. The van der Waals surface area contributed by atoms with Gasteiger partial charge >= 0.3 is 0 Å². The molecule has 1 amide bonds. The topological polar surface area (TPSA) is 32.3 Å². The number of para-hydroxylation sites is 1. The molecule has 0 radical (unpaired) electrons. The zero-order chi connectivity index (χ0) is 13.4. The normalized spacial score (nSPS) is 10.4. The Bertz CT molecular complexity index is 349. The van der Waals surface area contributed by atoms with Crippen molar-refractivity contribution in [2.75, 3.05) is 25.0 Å². The molecule has 0 unspecified atom stereocenters. The summed E-state index contributed by atoms with van der Waals surface area (Å²) in [5.74, 6) is 0.743. The number of nitrogens with one attached hydrogen (secondary N) is 1. The number of carbonyl (C=O) groups is 1. The van der Waals surface area contributed by atoms with Gasteiger partial charge in [-0.2, -0.15) is 0 Å². The van der Waals surface area contributed by atoms with Gasteiger partial charge in [-0.3, -0.25) is 4.79 Å². The summed E-state index contributed by atoms with van der Waals surface area (Å²) in [6.07, 6.45) is 1.59. The van der Waals surface area contributed by atoms with E-state index in [2.05, 4.69) is 36.2 Å². The molecule has 1 aromatic rings. The molecule has 100 valence electrons. The second-order valence-electron chi connectivity index (χ2n) is 5.04. The molecule has 18 heavy (non-hydrogen) atoms. The van der Waals surface area contributed by atoms with Crippen LogP contribution in [0.1, 0.15) is 26.7 Å². The quantitative estimate of drug-likeness (QED) is 0.804. The molecule has 0 fully saturated rings. The van der Waals surface area contributed by atoms with E-state index in [0.29, 0.717) is 18.9 Å². The van der Waals surface area contributed by atoms with Gasteiger partial charge in [-0.05, 0) is 24.5 Å². The zero-order valence-electron chi connectivity index (χ0n) is 11.6. The van der Waals surface area contributed by atoms with Crippen molar-refractivity contribution in [3.63, 3.8) is 0 Å². The molecule has 1 aromatic carbocycles. The van der Waals surface area contributed by atoms with Gasteiger partial charge in [-0.25, -0.2) is 0 Å². The monoisotopic (exact) mass is 248 g/mol. The lowest BCUT2D eigenvalue weighted by molar-refractivity contribution is -0.121. The van der Waals surface area contributed by atoms with Crippen LogP contribution in [0.3, 0.4) is 0 Å². The van der Waals surface area contributed by atoms with Gasteiger partial charge in [0.2, 0.25) is 5.91 Å². The SMILES string of the molecule is CC(C)CCC(=O)NCCN(C)c1ccccc1. The molecular weight excluding hydrogens is 224 g/mol. The minimum atomic E-state index is 0.158. The van der Waals surface area contributed by atoms with Crippen LogP contribution >= 0.6 is 0 Å². The number of hydrogen-bond donors (Lipinski definition) is 1. The summed E-state index contributed by atoms with van der Waals surface area (Å²) in [6, 6.07) is 10.2. The van der Waals surface area contributed by atoms with E-state index in [1.54, 1.807) is 0 Å². The fourth-order valence-corrected chi connectivity index (χ4v) is 1.68. The summed E-state index contributed by atoms with van der Waals surface area (Å²) in [5, 5.41) is 2.96. The fourth-order valence-electron chi connectivity index (χ4n) is 1.68. The van der Waals surface area contributed by atoms with E-state index in [0.717, 1.165) is 13.0 Å². The fraction of sp³-hybridized carbons (Fsp3) is 0.533. The summed E-state index contributed by atoms with van der Waals surface area (Å²) in [5.41, 5.74) is 1.17. The first-order valence-corrected chi connectivity index (χ1v) is 6.62. The van der Waals surface area contributed by atoms with Gasteiger partial charge in [0.15, 0.2) is 0 Å². The van der Waals surface area contributed by atoms with Crippen LogP contribution in [0, 0.1) is 5.92 Å². The maximum Gasteiger partial charge on any atom is 0.220 e. The molecule has 0 aliphatic rings. The lowest BCUT2D eigenvalue weighted by Gasteiger charge is -2.19. The first-order valence-electron chi connectivity index (χ1n) is 6.62. The highest BCUT2D eigenvalue weighted by Gasteiger charge is 2.04. The highest BCUT2D eigenvalue weighted by Crippen LogP contribution is 2.09. The predicted octanol–water partition coefficient (Wildman–Crippen LogP) is 2.68. The molecule has 0 saturated carbocycles. The van der Waals surface area contributed by atoms with Crippen molar-refractivity contribution >= 4 is 11.6 Å². The number of nitrogens with zero attached hydrogens (tertiary/aromatic N) is 1. The predicted molar refractivity (Wildman–Crippen MR) is 76.8 cm³/mol. The first kappa shape index (κ1) is 14.6. The Labute approximate surface area is 110 Å². The standard InChI is InChI=1S/C15H24N2O/c1-13(2)9-10-15(18)16-11-12-17(3)14-7-5-4-6-8-14/h4-8,13H,9-12H2,1-3H3,(H,16,18). The van der Waals surface area contributed by atoms with Crippen molar-refractivity contribution in [3.8, 4) is 0 Å². The number of rotatable bonds is 7. The van der Waals surface area contributed by atoms with Crippen molar-refractivity contribution in [2.45, 2.75) is 26.7 Å². The lowest BCUT2D eigenvalue weighted by Crippen LogP contribution is -2.32. The Kier molecular flexibility index (Phi) is 6.26. The minimum Gasteiger partial charge on any atom is -0.373 e. The summed E-state index contributed by atoms with van der Waals surface area (Å²) >= 11 is 0. The van der Waals surface area contributed by atoms with Crippen molar-refractivity contribution in [1.82, 2.24) is 5.32 Å². The molecule has 0 saturated heterocycles. The van der Waals surface area contributed by atoms with Gasteiger partial charge in [0.05, 0.1) is 0 Å². The molecule has 3 heteroatoms. The molecule has 0 bridgehead atoms. The van der Waals surface area contributed by atoms with Gasteiger partial charge in [0, 0.05) is 32.2 Å². The van der Waals surface area contributed by atoms with Crippen LogP contribution in [-0.2, 0) is 4.79 Å².